The lowest BCUT2D eigenvalue weighted by Crippen LogP contribution is -1.96. The van der Waals surface area contributed by atoms with E-state index >= 15 is 0 Å². The van der Waals surface area contributed by atoms with Crippen molar-refractivity contribution in [1.29, 1.82) is 0 Å². The van der Waals surface area contributed by atoms with Gasteiger partial charge in [0.25, 0.3) is 0 Å². The molecule has 0 aromatic carbocycles. The molecule has 15 heavy (non-hydrogen) atoms. The van der Waals surface area contributed by atoms with Crippen LogP contribution in [0.1, 0.15) is 21.5 Å². The highest BCUT2D eigenvalue weighted by molar-refractivity contribution is 7.14. The van der Waals surface area contributed by atoms with Gasteiger partial charge in [0.1, 0.15) is 4.88 Å². The molecule has 0 amide bonds. The summed E-state index contributed by atoms with van der Waals surface area (Å²) >= 11 is 1.16. The fourth-order valence-electron chi connectivity index (χ4n) is 0.899. The molecule has 0 aliphatic carbocycles. The second kappa shape index (κ2) is 4.70. The quantitative estimate of drug-likeness (QED) is 0.451. The summed E-state index contributed by atoms with van der Waals surface area (Å²) in [5.74, 6) is -0.432. The van der Waals surface area contributed by atoms with E-state index in [4.69, 9.17) is 0 Å². The van der Waals surface area contributed by atoms with Crippen LogP contribution in [0.25, 0.3) is 6.08 Å². The van der Waals surface area contributed by atoms with Gasteiger partial charge in [0.15, 0.2) is 0 Å². The molecule has 0 saturated carbocycles. The van der Waals surface area contributed by atoms with Crippen LogP contribution in [0.3, 0.4) is 0 Å². The summed E-state index contributed by atoms with van der Waals surface area (Å²) in [5, 5.41) is 10.4. The Morgan fingerprint density at radius 1 is 1.60 bits per heavy atom. The van der Waals surface area contributed by atoms with Gasteiger partial charge in [-0.3, -0.25) is 10.1 Å². The normalized spacial score (nSPS) is 11.2. The van der Waals surface area contributed by atoms with Crippen LogP contribution in [-0.2, 0) is 4.74 Å². The molecule has 1 rings (SSSR count). The van der Waals surface area contributed by atoms with E-state index in [0.717, 1.165) is 11.3 Å². The number of ether oxygens (including phenoxy) is 1. The van der Waals surface area contributed by atoms with Crippen molar-refractivity contribution < 1.29 is 14.5 Å². The molecule has 0 fully saturated rings. The first-order valence-corrected chi connectivity index (χ1v) is 4.87. The summed E-state index contributed by atoms with van der Waals surface area (Å²) < 4.78 is 4.52. The lowest BCUT2D eigenvalue weighted by atomic mass is 10.3. The van der Waals surface area contributed by atoms with Crippen molar-refractivity contribution in [3.63, 3.8) is 0 Å². The molecule has 0 bridgehead atoms. The number of nitro groups is 1. The van der Waals surface area contributed by atoms with Crippen LogP contribution in [0.2, 0.25) is 0 Å². The van der Waals surface area contributed by atoms with E-state index in [0.29, 0.717) is 9.75 Å². The topological polar surface area (TPSA) is 69.4 Å². The highest BCUT2D eigenvalue weighted by Gasteiger charge is 2.09. The minimum absolute atomic E-state index is 0.0354. The highest BCUT2D eigenvalue weighted by atomic mass is 32.1. The van der Waals surface area contributed by atoms with E-state index in [1.165, 1.54) is 20.1 Å². The summed E-state index contributed by atoms with van der Waals surface area (Å²) in [6.45, 7) is 1.40. The van der Waals surface area contributed by atoms with Crippen molar-refractivity contribution in [3.05, 3.63) is 37.7 Å². The van der Waals surface area contributed by atoms with Crippen LogP contribution in [0.15, 0.2) is 17.8 Å². The third kappa shape index (κ3) is 2.88. The number of nitrogens with zero attached hydrogens (tertiary/aromatic N) is 1. The zero-order valence-electron chi connectivity index (χ0n) is 8.22. The van der Waals surface area contributed by atoms with Crippen LogP contribution in [0.4, 0.5) is 0 Å². The maximum Gasteiger partial charge on any atom is 0.348 e. The maximum absolute atomic E-state index is 11.1. The monoisotopic (exact) mass is 227 g/mol. The first kappa shape index (κ1) is 11.4. The van der Waals surface area contributed by atoms with Gasteiger partial charge in [0, 0.05) is 17.9 Å². The van der Waals surface area contributed by atoms with Gasteiger partial charge in [0.2, 0.25) is 5.70 Å². The zero-order chi connectivity index (χ0) is 11.4. The Morgan fingerprint density at radius 2 is 2.27 bits per heavy atom. The molecule has 80 valence electrons. The molecule has 1 aromatic heterocycles. The first-order chi connectivity index (χ1) is 7.04. The van der Waals surface area contributed by atoms with E-state index < -0.39 is 10.9 Å². The first-order valence-electron chi connectivity index (χ1n) is 4.05. The van der Waals surface area contributed by atoms with Crippen LogP contribution >= 0.6 is 11.3 Å². The van der Waals surface area contributed by atoms with Crippen molar-refractivity contribution >= 4 is 23.4 Å². The SMILES string of the molecule is COC(=O)c1ccc(C=C(C)[N+](=O)[O-])s1. The minimum Gasteiger partial charge on any atom is -0.465 e. The van der Waals surface area contributed by atoms with E-state index in [9.17, 15) is 14.9 Å². The van der Waals surface area contributed by atoms with E-state index in [2.05, 4.69) is 4.74 Å². The number of carbonyl (C=O) groups is 1. The van der Waals surface area contributed by atoms with Crippen LogP contribution in [-0.4, -0.2) is 18.0 Å². The number of hydrogen-bond acceptors (Lipinski definition) is 5. The standard InChI is InChI=1S/C9H9NO4S/c1-6(10(12)13)5-7-3-4-8(15-7)9(11)14-2/h3-5H,1-2H3. The Kier molecular flexibility index (Phi) is 3.56. The fourth-order valence-corrected chi connectivity index (χ4v) is 1.82. The second-order valence-corrected chi connectivity index (χ2v) is 3.85. The van der Waals surface area contributed by atoms with Gasteiger partial charge in [0.05, 0.1) is 12.0 Å². The molecule has 0 atom stereocenters. The number of thiophene rings is 1. The Morgan fingerprint density at radius 3 is 2.80 bits per heavy atom. The number of methoxy groups -OCH3 is 1. The lowest BCUT2D eigenvalue weighted by molar-refractivity contribution is -0.422. The Balaban J connectivity index is 2.90. The van der Waals surface area contributed by atoms with Crippen LogP contribution in [0.5, 0.6) is 0 Å². The van der Waals surface area contributed by atoms with Crippen molar-refractivity contribution in [2.75, 3.05) is 7.11 Å². The Hall–Kier alpha value is -1.69. The van der Waals surface area contributed by atoms with E-state index in [-0.39, 0.29) is 5.70 Å². The summed E-state index contributed by atoms with van der Waals surface area (Å²) in [6, 6.07) is 3.22. The van der Waals surface area contributed by atoms with Crippen molar-refractivity contribution in [2.45, 2.75) is 6.92 Å². The molecule has 1 aromatic rings. The van der Waals surface area contributed by atoms with Crippen molar-refractivity contribution in [3.8, 4) is 0 Å². The van der Waals surface area contributed by atoms with Crippen LogP contribution in [0, 0.1) is 10.1 Å². The highest BCUT2D eigenvalue weighted by Crippen LogP contribution is 2.20. The molecule has 0 spiro atoms. The van der Waals surface area contributed by atoms with E-state index in [1.807, 2.05) is 0 Å². The average Bonchev–Trinajstić information content (AvgIpc) is 2.65. The van der Waals surface area contributed by atoms with Gasteiger partial charge >= 0.3 is 5.97 Å². The van der Waals surface area contributed by atoms with Gasteiger partial charge in [-0.05, 0) is 12.1 Å². The largest absolute Gasteiger partial charge is 0.465 e. The summed E-state index contributed by atoms with van der Waals surface area (Å²) in [5.41, 5.74) is 0.0354. The predicted octanol–water partition coefficient (Wildman–Crippen LogP) is 2.17. The number of hydrogen-bond donors (Lipinski definition) is 0. The lowest BCUT2D eigenvalue weighted by Gasteiger charge is -1.91. The summed E-state index contributed by atoms with van der Waals surface area (Å²) in [4.78, 5) is 22.0. The third-order valence-corrected chi connectivity index (χ3v) is 2.66. The molecule has 0 radical (unpaired) electrons. The Labute approximate surface area is 90.1 Å². The molecule has 0 aliphatic rings. The van der Waals surface area contributed by atoms with E-state index in [1.54, 1.807) is 12.1 Å². The zero-order valence-corrected chi connectivity index (χ0v) is 9.04. The molecule has 0 N–H and O–H groups in total. The van der Waals surface area contributed by atoms with Gasteiger partial charge in [-0.1, -0.05) is 0 Å². The molecular formula is C9H9NO4S. The fraction of sp³-hybridized carbons (Fsp3) is 0.222. The molecule has 5 nitrogen and oxygen atoms in total. The summed E-state index contributed by atoms with van der Waals surface area (Å²) in [7, 11) is 1.29. The third-order valence-electron chi connectivity index (χ3n) is 1.65. The predicted molar refractivity (Wildman–Crippen MR) is 56.3 cm³/mol. The summed E-state index contributed by atoms with van der Waals surface area (Å²) in [6.07, 6.45) is 1.41. The van der Waals surface area contributed by atoms with Gasteiger partial charge in [-0.15, -0.1) is 11.3 Å². The second-order valence-electron chi connectivity index (χ2n) is 2.74. The molecule has 6 heteroatoms. The Bertz CT molecular complexity index is 422. The molecule has 0 aliphatic heterocycles. The molecule has 0 saturated heterocycles. The number of carbonyl (C=O) groups excluding carboxylic acids is 1. The number of allylic oxidation sites excluding steroid dienone is 1. The molecule has 0 unspecified atom stereocenters. The smallest absolute Gasteiger partial charge is 0.348 e. The minimum atomic E-state index is -0.475. The van der Waals surface area contributed by atoms with Gasteiger partial charge in [-0.25, -0.2) is 4.79 Å². The average molecular weight is 227 g/mol. The van der Waals surface area contributed by atoms with Crippen molar-refractivity contribution in [1.82, 2.24) is 0 Å². The van der Waals surface area contributed by atoms with Crippen LogP contribution < -0.4 is 0 Å². The van der Waals surface area contributed by atoms with Crippen molar-refractivity contribution in [2.24, 2.45) is 0 Å². The number of rotatable bonds is 3. The molecular weight excluding hydrogens is 218 g/mol. The van der Waals surface area contributed by atoms with Gasteiger partial charge in [-0.2, -0.15) is 0 Å². The maximum atomic E-state index is 11.1. The molecule has 1 heterocycles. The van der Waals surface area contributed by atoms with Gasteiger partial charge < -0.3 is 4.74 Å². The number of esters is 1.